The molecule has 4 N–H and O–H groups in total. The Hall–Kier alpha value is -4.26. The monoisotopic (exact) mass is 414 g/mol. The minimum absolute atomic E-state index is 0.502. The Morgan fingerprint density at radius 2 is 1.06 bits per heavy atom. The van der Waals surface area contributed by atoms with Gasteiger partial charge in [0.1, 0.15) is 11.5 Å². The molecule has 0 aliphatic carbocycles. The first-order chi connectivity index (χ1) is 15.2. The SMILES string of the molecule is ON=C(Cc1ccc[nH]1)c1ccc(Oc2ccc(C(Cc3ccc[nH]3)=NO)cc2)cc1. The van der Waals surface area contributed by atoms with E-state index in [1.54, 1.807) is 0 Å². The predicted octanol–water partition coefficient (Wildman–Crippen LogP) is 4.98. The number of hydrogen-bond acceptors (Lipinski definition) is 5. The van der Waals surface area contributed by atoms with Crippen LogP contribution < -0.4 is 4.74 Å². The molecular formula is C24H22N4O3. The summed E-state index contributed by atoms with van der Waals surface area (Å²) in [7, 11) is 0. The van der Waals surface area contributed by atoms with E-state index in [-0.39, 0.29) is 0 Å². The van der Waals surface area contributed by atoms with E-state index in [1.807, 2.05) is 85.2 Å². The smallest absolute Gasteiger partial charge is 0.127 e. The molecule has 0 fully saturated rings. The molecule has 0 spiro atoms. The molecule has 0 saturated heterocycles. The van der Waals surface area contributed by atoms with Gasteiger partial charge in [0, 0.05) is 36.6 Å². The highest BCUT2D eigenvalue weighted by Crippen LogP contribution is 2.23. The number of oxime groups is 2. The molecule has 0 aliphatic rings. The van der Waals surface area contributed by atoms with E-state index in [9.17, 15) is 10.4 Å². The Balaban J connectivity index is 1.41. The normalized spacial score (nSPS) is 12.1. The highest BCUT2D eigenvalue weighted by atomic mass is 16.5. The molecule has 0 bridgehead atoms. The zero-order valence-electron chi connectivity index (χ0n) is 16.7. The van der Waals surface area contributed by atoms with Gasteiger partial charge in [0.05, 0.1) is 11.4 Å². The van der Waals surface area contributed by atoms with Crippen molar-refractivity contribution in [3.05, 3.63) is 108 Å². The summed E-state index contributed by atoms with van der Waals surface area (Å²) in [6.07, 6.45) is 4.68. The molecule has 2 aromatic carbocycles. The van der Waals surface area contributed by atoms with Gasteiger partial charge in [-0.25, -0.2) is 0 Å². The van der Waals surface area contributed by atoms with Crippen molar-refractivity contribution in [3.8, 4) is 11.5 Å². The molecule has 7 nitrogen and oxygen atoms in total. The fourth-order valence-corrected chi connectivity index (χ4v) is 3.27. The van der Waals surface area contributed by atoms with Crippen molar-refractivity contribution in [2.24, 2.45) is 10.3 Å². The van der Waals surface area contributed by atoms with E-state index in [0.29, 0.717) is 35.8 Å². The van der Waals surface area contributed by atoms with Crippen molar-refractivity contribution in [3.63, 3.8) is 0 Å². The summed E-state index contributed by atoms with van der Waals surface area (Å²) in [5.74, 6) is 1.33. The van der Waals surface area contributed by atoms with Crippen LogP contribution in [0.15, 0.2) is 95.5 Å². The predicted molar refractivity (Wildman–Crippen MR) is 119 cm³/mol. The van der Waals surface area contributed by atoms with Gasteiger partial charge in [-0.3, -0.25) is 0 Å². The number of aromatic nitrogens is 2. The van der Waals surface area contributed by atoms with Crippen LogP contribution in [0.3, 0.4) is 0 Å². The Morgan fingerprint density at radius 3 is 1.39 bits per heavy atom. The van der Waals surface area contributed by atoms with Crippen LogP contribution in [0.2, 0.25) is 0 Å². The summed E-state index contributed by atoms with van der Waals surface area (Å²) in [4.78, 5) is 6.20. The second-order valence-corrected chi connectivity index (χ2v) is 6.99. The number of ether oxygens (including phenoxy) is 1. The standard InChI is InChI=1S/C24H22N4O3/c29-27-23(15-19-3-1-13-25-19)17-5-9-21(10-6-17)31-22-11-7-18(8-12-22)24(28-30)16-20-4-2-14-26-20/h1-14,25-26,29-30H,15-16H2. The van der Waals surface area contributed by atoms with E-state index in [4.69, 9.17) is 4.74 Å². The van der Waals surface area contributed by atoms with Gasteiger partial charge < -0.3 is 25.1 Å². The lowest BCUT2D eigenvalue weighted by Crippen LogP contribution is -2.06. The topological polar surface area (TPSA) is 106 Å². The first-order valence-corrected chi connectivity index (χ1v) is 9.80. The molecule has 2 heterocycles. The van der Waals surface area contributed by atoms with Crippen LogP contribution in [0.1, 0.15) is 22.5 Å². The third-order valence-electron chi connectivity index (χ3n) is 4.89. The molecule has 0 amide bonds. The van der Waals surface area contributed by atoms with Crippen LogP contribution in [-0.4, -0.2) is 31.8 Å². The van der Waals surface area contributed by atoms with Gasteiger partial charge in [-0.05, 0) is 83.9 Å². The largest absolute Gasteiger partial charge is 0.457 e. The number of hydrogen-bond donors (Lipinski definition) is 4. The zero-order chi connectivity index (χ0) is 21.5. The molecular weight excluding hydrogens is 392 g/mol. The molecule has 0 radical (unpaired) electrons. The van der Waals surface area contributed by atoms with Crippen LogP contribution in [0.4, 0.5) is 0 Å². The van der Waals surface area contributed by atoms with E-state index in [2.05, 4.69) is 20.3 Å². The fourth-order valence-electron chi connectivity index (χ4n) is 3.27. The lowest BCUT2D eigenvalue weighted by Gasteiger charge is -2.09. The van der Waals surface area contributed by atoms with Gasteiger partial charge in [0.2, 0.25) is 0 Å². The van der Waals surface area contributed by atoms with Gasteiger partial charge >= 0.3 is 0 Å². The number of H-pyrrole nitrogens is 2. The van der Waals surface area contributed by atoms with Crippen molar-refractivity contribution < 1.29 is 15.2 Å². The number of nitrogens with zero attached hydrogens (tertiary/aromatic N) is 2. The third-order valence-corrected chi connectivity index (χ3v) is 4.89. The Bertz CT molecular complexity index is 1050. The Kier molecular flexibility index (Phi) is 6.13. The molecule has 4 aromatic rings. The summed E-state index contributed by atoms with van der Waals surface area (Å²) in [6, 6.07) is 22.4. The van der Waals surface area contributed by atoms with Crippen LogP contribution in [0, 0.1) is 0 Å². The van der Waals surface area contributed by atoms with Gasteiger partial charge in [-0.2, -0.15) is 0 Å². The molecule has 0 saturated carbocycles. The summed E-state index contributed by atoms with van der Waals surface area (Å²) in [5.41, 5.74) is 4.69. The average molecular weight is 414 g/mol. The van der Waals surface area contributed by atoms with Gasteiger partial charge in [0.25, 0.3) is 0 Å². The lowest BCUT2D eigenvalue weighted by molar-refractivity contribution is 0.318. The van der Waals surface area contributed by atoms with Crippen molar-refractivity contribution in [2.75, 3.05) is 0 Å². The average Bonchev–Trinajstić information content (AvgIpc) is 3.51. The summed E-state index contributed by atoms with van der Waals surface area (Å²) in [5, 5.41) is 25.6. The van der Waals surface area contributed by atoms with Crippen molar-refractivity contribution in [1.29, 1.82) is 0 Å². The first kappa shape index (κ1) is 20.0. The third kappa shape index (κ3) is 5.02. The number of benzene rings is 2. The molecule has 2 aromatic heterocycles. The molecule has 156 valence electrons. The van der Waals surface area contributed by atoms with Crippen LogP contribution >= 0.6 is 0 Å². The maximum absolute atomic E-state index is 9.37. The first-order valence-electron chi connectivity index (χ1n) is 9.80. The maximum atomic E-state index is 9.37. The number of nitrogens with one attached hydrogen (secondary N) is 2. The van der Waals surface area contributed by atoms with E-state index >= 15 is 0 Å². The van der Waals surface area contributed by atoms with Crippen LogP contribution in [0.25, 0.3) is 0 Å². The van der Waals surface area contributed by atoms with E-state index < -0.39 is 0 Å². The molecule has 0 aliphatic heterocycles. The highest BCUT2D eigenvalue weighted by Gasteiger charge is 2.09. The molecule has 0 unspecified atom stereocenters. The fraction of sp³-hybridized carbons (Fsp3) is 0.0833. The Morgan fingerprint density at radius 1 is 0.645 bits per heavy atom. The molecule has 31 heavy (non-hydrogen) atoms. The second-order valence-electron chi connectivity index (χ2n) is 6.99. The summed E-state index contributed by atoms with van der Waals surface area (Å²) >= 11 is 0. The van der Waals surface area contributed by atoms with Gasteiger partial charge in [-0.15, -0.1) is 0 Å². The maximum Gasteiger partial charge on any atom is 0.127 e. The highest BCUT2D eigenvalue weighted by molar-refractivity contribution is 6.02. The minimum atomic E-state index is 0.502. The van der Waals surface area contributed by atoms with Crippen molar-refractivity contribution >= 4 is 11.4 Å². The molecule has 0 atom stereocenters. The van der Waals surface area contributed by atoms with E-state index in [1.165, 1.54) is 0 Å². The van der Waals surface area contributed by atoms with Crippen LogP contribution in [0.5, 0.6) is 11.5 Å². The Labute approximate surface area is 179 Å². The minimum Gasteiger partial charge on any atom is -0.457 e. The van der Waals surface area contributed by atoms with Crippen molar-refractivity contribution in [2.45, 2.75) is 12.8 Å². The van der Waals surface area contributed by atoms with E-state index in [0.717, 1.165) is 22.5 Å². The molecule has 4 rings (SSSR count). The quantitative estimate of drug-likeness (QED) is 0.186. The number of aromatic amines is 2. The van der Waals surface area contributed by atoms with Crippen LogP contribution in [-0.2, 0) is 12.8 Å². The van der Waals surface area contributed by atoms with Gasteiger partial charge in [0.15, 0.2) is 0 Å². The van der Waals surface area contributed by atoms with Gasteiger partial charge in [-0.1, -0.05) is 10.3 Å². The lowest BCUT2D eigenvalue weighted by atomic mass is 10.1. The van der Waals surface area contributed by atoms with Crippen molar-refractivity contribution in [1.82, 2.24) is 9.97 Å². The summed E-state index contributed by atoms with van der Waals surface area (Å²) in [6.45, 7) is 0. The summed E-state index contributed by atoms with van der Waals surface area (Å²) < 4.78 is 5.91. The second kappa shape index (κ2) is 9.49. The number of rotatable bonds is 8. The zero-order valence-corrected chi connectivity index (χ0v) is 16.7. The molecule has 7 heteroatoms.